The third kappa shape index (κ3) is 3.79. The predicted octanol–water partition coefficient (Wildman–Crippen LogP) is 2.21. The molecule has 0 amide bonds. The number of rotatable bonds is 5. The molecule has 1 unspecified atom stereocenters. The summed E-state index contributed by atoms with van der Waals surface area (Å²) in [7, 11) is 0. The largest absolute Gasteiger partial charge is 0.477 e. The molecule has 2 aromatic rings. The maximum atomic E-state index is 11.0. The van der Waals surface area contributed by atoms with Crippen molar-refractivity contribution in [2.24, 2.45) is 0 Å². The minimum atomic E-state index is -1.02. The molecule has 0 spiro atoms. The van der Waals surface area contributed by atoms with E-state index in [1.165, 1.54) is 6.07 Å². The number of pyridine rings is 1. The first-order valence-electron chi connectivity index (χ1n) is 8.18. The number of anilines is 2. The molecule has 3 rings (SSSR count). The third-order valence-corrected chi connectivity index (χ3v) is 4.14. The first kappa shape index (κ1) is 16.2. The van der Waals surface area contributed by atoms with E-state index in [1.54, 1.807) is 18.5 Å². The third-order valence-electron chi connectivity index (χ3n) is 4.14. The summed E-state index contributed by atoms with van der Waals surface area (Å²) in [5.74, 6) is 0.524. The van der Waals surface area contributed by atoms with Crippen LogP contribution < -0.4 is 10.2 Å². The zero-order valence-corrected chi connectivity index (χ0v) is 13.6. The average molecular weight is 327 g/mol. The lowest BCUT2D eigenvalue weighted by Gasteiger charge is -2.34. The van der Waals surface area contributed by atoms with Crippen molar-refractivity contribution < 1.29 is 9.90 Å². The Hall–Kier alpha value is -2.70. The topological polar surface area (TPSA) is 91.2 Å². The number of carboxylic acids is 1. The van der Waals surface area contributed by atoms with Gasteiger partial charge in [-0.15, -0.1) is 0 Å². The van der Waals surface area contributed by atoms with E-state index in [9.17, 15) is 4.79 Å². The van der Waals surface area contributed by atoms with Gasteiger partial charge in [-0.3, -0.25) is 0 Å². The number of hydrogen-bond acceptors (Lipinski definition) is 6. The predicted molar refractivity (Wildman–Crippen MR) is 91.5 cm³/mol. The molecular formula is C17H21N5O2. The van der Waals surface area contributed by atoms with Crippen LogP contribution in [-0.4, -0.2) is 45.2 Å². The summed E-state index contributed by atoms with van der Waals surface area (Å²) in [6, 6.07) is 7.23. The lowest BCUT2D eigenvalue weighted by molar-refractivity contribution is 0.0690. The number of nitrogens with zero attached hydrogens (tertiary/aromatic N) is 4. The van der Waals surface area contributed by atoms with Crippen LogP contribution in [0.25, 0.3) is 0 Å². The fraction of sp³-hybridized carbons (Fsp3) is 0.412. The van der Waals surface area contributed by atoms with Gasteiger partial charge in [-0.1, -0.05) is 13.0 Å². The zero-order chi connectivity index (χ0) is 16.9. The van der Waals surface area contributed by atoms with Gasteiger partial charge in [0.05, 0.1) is 0 Å². The molecule has 0 saturated carbocycles. The molecule has 3 heterocycles. The monoisotopic (exact) mass is 327 g/mol. The highest BCUT2D eigenvalue weighted by Crippen LogP contribution is 2.20. The van der Waals surface area contributed by atoms with Crippen molar-refractivity contribution in [1.82, 2.24) is 15.0 Å². The van der Waals surface area contributed by atoms with Crippen molar-refractivity contribution in [3.05, 3.63) is 42.0 Å². The molecule has 1 fully saturated rings. The Kier molecular flexibility index (Phi) is 4.88. The van der Waals surface area contributed by atoms with Gasteiger partial charge in [-0.2, -0.15) is 0 Å². The standard InChI is InChI=1S/C17H21N5O2/c1-2-12-9-16(19-11-18-12)22-8-4-5-13(10-22)20-15-7-3-6-14(21-15)17(23)24/h3,6-7,9,11,13H,2,4-5,8,10H2,1H3,(H,20,21)(H,23,24). The number of hydrogen-bond donors (Lipinski definition) is 2. The molecule has 1 saturated heterocycles. The van der Waals surface area contributed by atoms with Gasteiger partial charge in [-0.25, -0.2) is 19.7 Å². The molecule has 1 atom stereocenters. The molecule has 0 aromatic carbocycles. The van der Waals surface area contributed by atoms with Crippen LogP contribution in [0.5, 0.6) is 0 Å². The second kappa shape index (κ2) is 7.25. The van der Waals surface area contributed by atoms with Gasteiger partial charge in [-0.05, 0) is 31.4 Å². The van der Waals surface area contributed by atoms with Crippen LogP contribution in [-0.2, 0) is 6.42 Å². The molecule has 2 N–H and O–H groups in total. The van der Waals surface area contributed by atoms with E-state index in [2.05, 4.69) is 32.1 Å². The molecule has 0 radical (unpaired) electrons. The second-order valence-corrected chi connectivity index (χ2v) is 5.86. The van der Waals surface area contributed by atoms with E-state index < -0.39 is 5.97 Å². The van der Waals surface area contributed by atoms with E-state index in [4.69, 9.17) is 5.11 Å². The molecule has 1 aliphatic heterocycles. The minimum Gasteiger partial charge on any atom is -0.477 e. The summed E-state index contributed by atoms with van der Waals surface area (Å²) < 4.78 is 0. The molecule has 2 aromatic heterocycles. The normalized spacial score (nSPS) is 17.5. The zero-order valence-electron chi connectivity index (χ0n) is 13.6. The number of carboxylic acid groups (broad SMARTS) is 1. The molecule has 24 heavy (non-hydrogen) atoms. The van der Waals surface area contributed by atoms with Crippen LogP contribution in [0.2, 0.25) is 0 Å². The summed E-state index contributed by atoms with van der Waals surface area (Å²) in [5, 5.41) is 12.4. The van der Waals surface area contributed by atoms with E-state index >= 15 is 0 Å². The maximum Gasteiger partial charge on any atom is 0.354 e. The van der Waals surface area contributed by atoms with Crippen molar-refractivity contribution >= 4 is 17.6 Å². The van der Waals surface area contributed by atoms with Crippen LogP contribution >= 0.6 is 0 Å². The fourth-order valence-electron chi connectivity index (χ4n) is 2.90. The SMILES string of the molecule is CCc1cc(N2CCCC(Nc3cccc(C(=O)O)n3)C2)ncn1. The highest BCUT2D eigenvalue weighted by atomic mass is 16.4. The van der Waals surface area contributed by atoms with Crippen molar-refractivity contribution in [2.45, 2.75) is 32.2 Å². The number of nitrogens with one attached hydrogen (secondary N) is 1. The van der Waals surface area contributed by atoms with Crippen molar-refractivity contribution in [1.29, 1.82) is 0 Å². The van der Waals surface area contributed by atoms with Crippen LogP contribution in [0.3, 0.4) is 0 Å². The van der Waals surface area contributed by atoms with Crippen molar-refractivity contribution in [3.8, 4) is 0 Å². The number of piperidine rings is 1. The van der Waals surface area contributed by atoms with Gasteiger partial charge in [0, 0.05) is 30.9 Å². The number of aromatic carboxylic acids is 1. The second-order valence-electron chi connectivity index (χ2n) is 5.86. The van der Waals surface area contributed by atoms with Crippen LogP contribution in [0.4, 0.5) is 11.6 Å². The summed E-state index contributed by atoms with van der Waals surface area (Å²) in [5.41, 5.74) is 1.09. The van der Waals surface area contributed by atoms with Gasteiger partial charge in [0.15, 0.2) is 5.69 Å². The Labute approximate surface area is 140 Å². The highest BCUT2D eigenvalue weighted by Gasteiger charge is 2.21. The lowest BCUT2D eigenvalue weighted by atomic mass is 10.1. The van der Waals surface area contributed by atoms with Gasteiger partial charge in [0.25, 0.3) is 0 Å². The molecule has 7 nitrogen and oxygen atoms in total. The Morgan fingerprint density at radius 2 is 2.29 bits per heavy atom. The molecule has 0 bridgehead atoms. The van der Waals surface area contributed by atoms with Crippen LogP contribution in [0, 0.1) is 0 Å². The quantitative estimate of drug-likeness (QED) is 0.870. The van der Waals surface area contributed by atoms with Gasteiger partial charge in [0.2, 0.25) is 0 Å². The minimum absolute atomic E-state index is 0.0519. The highest BCUT2D eigenvalue weighted by molar-refractivity contribution is 5.85. The Balaban J connectivity index is 1.69. The Morgan fingerprint density at radius 1 is 1.42 bits per heavy atom. The van der Waals surface area contributed by atoms with E-state index in [-0.39, 0.29) is 11.7 Å². The molecule has 0 aliphatic carbocycles. The first-order valence-corrected chi connectivity index (χ1v) is 8.18. The van der Waals surface area contributed by atoms with E-state index in [0.717, 1.165) is 43.9 Å². The summed E-state index contributed by atoms with van der Waals surface area (Å²) in [4.78, 5) is 26.0. The first-order chi connectivity index (χ1) is 11.7. The lowest BCUT2D eigenvalue weighted by Crippen LogP contribution is -2.42. The van der Waals surface area contributed by atoms with Gasteiger partial charge < -0.3 is 15.3 Å². The van der Waals surface area contributed by atoms with Crippen molar-refractivity contribution in [3.63, 3.8) is 0 Å². The smallest absolute Gasteiger partial charge is 0.354 e. The number of aryl methyl sites for hydroxylation is 1. The van der Waals surface area contributed by atoms with E-state index in [0.29, 0.717) is 5.82 Å². The van der Waals surface area contributed by atoms with Gasteiger partial charge in [0.1, 0.15) is 18.0 Å². The number of carbonyl (C=O) groups is 1. The van der Waals surface area contributed by atoms with Crippen LogP contribution in [0.1, 0.15) is 35.9 Å². The summed E-state index contributed by atoms with van der Waals surface area (Å²) in [6.07, 6.45) is 4.56. The molecule has 7 heteroatoms. The molecule has 126 valence electrons. The Bertz CT molecular complexity index is 722. The van der Waals surface area contributed by atoms with Gasteiger partial charge >= 0.3 is 5.97 Å². The van der Waals surface area contributed by atoms with Crippen molar-refractivity contribution in [2.75, 3.05) is 23.3 Å². The Morgan fingerprint density at radius 3 is 3.08 bits per heavy atom. The summed E-state index contributed by atoms with van der Waals surface area (Å²) in [6.45, 7) is 3.84. The van der Waals surface area contributed by atoms with Crippen LogP contribution in [0.15, 0.2) is 30.6 Å². The summed E-state index contributed by atoms with van der Waals surface area (Å²) >= 11 is 0. The fourth-order valence-corrected chi connectivity index (χ4v) is 2.90. The van der Waals surface area contributed by atoms with E-state index in [1.807, 2.05) is 6.07 Å². The average Bonchev–Trinajstić information content (AvgIpc) is 2.62. The molecule has 1 aliphatic rings. The maximum absolute atomic E-state index is 11.0. The molecular weight excluding hydrogens is 306 g/mol. The number of aromatic nitrogens is 3.